The molecule has 0 radical (unpaired) electrons. The van der Waals surface area contributed by atoms with Gasteiger partial charge in [-0.2, -0.15) is 0 Å². The average molecular weight is 262 g/mol. The van der Waals surface area contributed by atoms with Crippen LogP contribution < -0.4 is 10.6 Å². The number of hydrogen-bond acceptors (Lipinski definition) is 3. The molecule has 3 N–H and O–H groups in total. The van der Waals surface area contributed by atoms with E-state index in [0.717, 1.165) is 24.9 Å². The summed E-state index contributed by atoms with van der Waals surface area (Å²) in [5.41, 5.74) is 9.20. The lowest BCUT2D eigenvalue weighted by Gasteiger charge is -2.35. The summed E-state index contributed by atoms with van der Waals surface area (Å²) in [5, 5.41) is 8.86. The molecule has 0 fully saturated rings. The van der Waals surface area contributed by atoms with Gasteiger partial charge in [0.2, 0.25) is 0 Å². The molecule has 4 nitrogen and oxygen atoms in total. The van der Waals surface area contributed by atoms with E-state index in [1.807, 2.05) is 6.07 Å². The molecule has 1 atom stereocenters. The number of nitrogens with zero attached hydrogens (tertiary/aromatic N) is 1. The third-order valence-electron chi connectivity index (χ3n) is 3.69. The zero-order valence-corrected chi connectivity index (χ0v) is 11.6. The Morgan fingerprint density at radius 2 is 2.21 bits per heavy atom. The Balaban J connectivity index is 2.21. The molecule has 1 aromatic carbocycles. The molecule has 0 bridgehead atoms. The van der Waals surface area contributed by atoms with Crippen molar-refractivity contribution in [2.24, 2.45) is 5.73 Å². The summed E-state index contributed by atoms with van der Waals surface area (Å²) in [6, 6.07) is 5.90. The lowest BCUT2D eigenvalue weighted by Crippen LogP contribution is -2.35. The molecule has 0 aliphatic carbocycles. The van der Waals surface area contributed by atoms with Crippen LogP contribution >= 0.6 is 0 Å². The minimum Gasteiger partial charge on any atom is -0.480 e. The zero-order chi connectivity index (χ0) is 14.0. The third-order valence-corrected chi connectivity index (χ3v) is 3.69. The monoisotopic (exact) mass is 262 g/mol. The number of benzene rings is 1. The summed E-state index contributed by atoms with van der Waals surface area (Å²) in [6.07, 6.45) is 2.61. The Labute approximate surface area is 114 Å². The zero-order valence-electron chi connectivity index (χ0n) is 11.6. The highest BCUT2D eigenvalue weighted by atomic mass is 16.4. The number of hydrogen-bond donors (Lipinski definition) is 2. The molecule has 1 aliphatic heterocycles. The van der Waals surface area contributed by atoms with Gasteiger partial charge in [0, 0.05) is 18.3 Å². The number of nitrogens with two attached hydrogens (primary N) is 1. The molecule has 0 aromatic heterocycles. The predicted octanol–water partition coefficient (Wildman–Crippen LogP) is 1.80. The Morgan fingerprint density at radius 3 is 2.84 bits per heavy atom. The van der Waals surface area contributed by atoms with Crippen LogP contribution in [-0.4, -0.2) is 29.7 Å². The van der Waals surface area contributed by atoms with Crippen LogP contribution in [0.4, 0.5) is 5.69 Å². The Hall–Kier alpha value is -1.55. The van der Waals surface area contributed by atoms with Crippen molar-refractivity contribution in [1.82, 2.24) is 0 Å². The van der Waals surface area contributed by atoms with Crippen molar-refractivity contribution < 1.29 is 9.90 Å². The number of aliphatic carboxylic acids is 1. The maximum atomic E-state index is 10.8. The molecule has 0 saturated heterocycles. The van der Waals surface area contributed by atoms with Crippen molar-refractivity contribution in [2.45, 2.75) is 45.2 Å². The maximum absolute atomic E-state index is 10.8. The van der Waals surface area contributed by atoms with E-state index in [2.05, 4.69) is 30.9 Å². The molecule has 1 heterocycles. The largest absolute Gasteiger partial charge is 0.480 e. The van der Waals surface area contributed by atoms with Crippen LogP contribution in [-0.2, 0) is 17.6 Å². The van der Waals surface area contributed by atoms with Crippen molar-refractivity contribution in [3.05, 3.63) is 29.3 Å². The topological polar surface area (TPSA) is 66.6 Å². The number of carbonyl (C=O) groups is 1. The standard InChI is InChI=1S/C15H22N2O2/c1-10(2)17-7-3-4-12-8-11(5-6-14(12)17)9-13(16)15(18)19/h5-6,8,10,13H,3-4,7,9,16H2,1-2H3,(H,18,19). The van der Waals surface area contributed by atoms with Crippen LogP contribution in [0.15, 0.2) is 18.2 Å². The summed E-state index contributed by atoms with van der Waals surface area (Å²) in [5.74, 6) is -0.943. The van der Waals surface area contributed by atoms with Gasteiger partial charge in [0.05, 0.1) is 0 Å². The minimum absolute atomic E-state index is 0.393. The lowest BCUT2D eigenvalue weighted by atomic mass is 9.96. The smallest absolute Gasteiger partial charge is 0.320 e. The van der Waals surface area contributed by atoms with Gasteiger partial charge >= 0.3 is 5.97 Å². The number of aryl methyl sites for hydroxylation is 1. The second-order valence-corrected chi connectivity index (χ2v) is 5.50. The van der Waals surface area contributed by atoms with E-state index in [4.69, 9.17) is 10.8 Å². The van der Waals surface area contributed by atoms with Crippen LogP contribution in [0.1, 0.15) is 31.4 Å². The van der Waals surface area contributed by atoms with Crippen molar-refractivity contribution in [1.29, 1.82) is 0 Å². The summed E-state index contributed by atoms with van der Waals surface area (Å²) in [4.78, 5) is 13.2. The fraction of sp³-hybridized carbons (Fsp3) is 0.533. The molecule has 2 rings (SSSR count). The van der Waals surface area contributed by atoms with Crippen LogP contribution in [0.2, 0.25) is 0 Å². The molecule has 0 spiro atoms. The molecule has 1 unspecified atom stereocenters. The van der Waals surface area contributed by atoms with Gasteiger partial charge in [0.15, 0.2) is 0 Å². The summed E-state index contributed by atoms with van der Waals surface area (Å²) in [7, 11) is 0. The molecule has 0 amide bonds. The summed E-state index contributed by atoms with van der Waals surface area (Å²) in [6.45, 7) is 5.49. The molecule has 1 aromatic rings. The normalized spacial score (nSPS) is 16.3. The number of fused-ring (bicyclic) bond motifs is 1. The Kier molecular flexibility index (Phi) is 4.10. The highest BCUT2D eigenvalue weighted by molar-refractivity contribution is 5.73. The highest BCUT2D eigenvalue weighted by Crippen LogP contribution is 2.29. The fourth-order valence-corrected chi connectivity index (χ4v) is 2.68. The first-order valence-electron chi connectivity index (χ1n) is 6.86. The first-order valence-corrected chi connectivity index (χ1v) is 6.86. The first-order chi connectivity index (χ1) is 8.99. The van der Waals surface area contributed by atoms with Gasteiger partial charge in [-0.25, -0.2) is 0 Å². The van der Waals surface area contributed by atoms with Gasteiger partial charge in [-0.1, -0.05) is 12.1 Å². The number of carboxylic acid groups (broad SMARTS) is 1. The third kappa shape index (κ3) is 3.07. The quantitative estimate of drug-likeness (QED) is 0.868. The SMILES string of the molecule is CC(C)N1CCCc2cc(CC(N)C(=O)O)ccc21. The summed E-state index contributed by atoms with van der Waals surface area (Å²) >= 11 is 0. The van der Waals surface area contributed by atoms with Crippen molar-refractivity contribution in [2.75, 3.05) is 11.4 Å². The second-order valence-electron chi connectivity index (χ2n) is 5.50. The maximum Gasteiger partial charge on any atom is 0.320 e. The highest BCUT2D eigenvalue weighted by Gasteiger charge is 2.20. The number of anilines is 1. The Morgan fingerprint density at radius 1 is 1.47 bits per heavy atom. The van der Waals surface area contributed by atoms with Crippen LogP contribution in [0, 0.1) is 0 Å². The van der Waals surface area contributed by atoms with E-state index < -0.39 is 12.0 Å². The van der Waals surface area contributed by atoms with E-state index in [9.17, 15) is 4.79 Å². The van der Waals surface area contributed by atoms with E-state index in [1.54, 1.807) is 0 Å². The summed E-state index contributed by atoms with van der Waals surface area (Å²) < 4.78 is 0. The van der Waals surface area contributed by atoms with E-state index in [0.29, 0.717) is 12.5 Å². The molecule has 4 heteroatoms. The van der Waals surface area contributed by atoms with E-state index in [-0.39, 0.29) is 0 Å². The predicted molar refractivity (Wildman–Crippen MR) is 76.6 cm³/mol. The van der Waals surface area contributed by atoms with Crippen molar-refractivity contribution in [3.63, 3.8) is 0 Å². The van der Waals surface area contributed by atoms with E-state index >= 15 is 0 Å². The Bertz CT molecular complexity index is 471. The van der Waals surface area contributed by atoms with Crippen molar-refractivity contribution >= 4 is 11.7 Å². The number of carboxylic acids is 1. The van der Waals surface area contributed by atoms with Gasteiger partial charge < -0.3 is 15.7 Å². The average Bonchev–Trinajstić information content (AvgIpc) is 2.37. The van der Waals surface area contributed by atoms with Gasteiger partial charge in [-0.3, -0.25) is 4.79 Å². The molecular formula is C15H22N2O2. The molecule has 104 valence electrons. The van der Waals surface area contributed by atoms with Crippen LogP contribution in [0.3, 0.4) is 0 Å². The van der Waals surface area contributed by atoms with Gasteiger partial charge in [-0.15, -0.1) is 0 Å². The molecule has 19 heavy (non-hydrogen) atoms. The van der Waals surface area contributed by atoms with Gasteiger partial charge in [0.25, 0.3) is 0 Å². The molecular weight excluding hydrogens is 240 g/mol. The molecule has 0 saturated carbocycles. The van der Waals surface area contributed by atoms with Gasteiger partial charge in [-0.05, 0) is 50.3 Å². The fourth-order valence-electron chi connectivity index (χ4n) is 2.68. The first kappa shape index (κ1) is 13.9. The molecule has 1 aliphatic rings. The van der Waals surface area contributed by atoms with Crippen molar-refractivity contribution in [3.8, 4) is 0 Å². The van der Waals surface area contributed by atoms with Crippen LogP contribution in [0.25, 0.3) is 0 Å². The second kappa shape index (κ2) is 5.61. The van der Waals surface area contributed by atoms with E-state index in [1.165, 1.54) is 11.3 Å². The lowest BCUT2D eigenvalue weighted by molar-refractivity contribution is -0.138. The number of rotatable bonds is 4. The minimum atomic E-state index is -0.943. The van der Waals surface area contributed by atoms with Gasteiger partial charge in [0.1, 0.15) is 6.04 Å². The van der Waals surface area contributed by atoms with Crippen LogP contribution in [0.5, 0.6) is 0 Å².